The molecule has 1 saturated carbocycles. The van der Waals surface area contributed by atoms with Gasteiger partial charge in [-0.05, 0) is 49.8 Å². The number of hydrogen-bond acceptors (Lipinski definition) is 7. The summed E-state index contributed by atoms with van der Waals surface area (Å²) in [5.74, 6) is -1.18. The zero-order valence-electron chi connectivity index (χ0n) is 24.8. The highest BCUT2D eigenvalue weighted by atomic mass is 35.5. The third kappa shape index (κ3) is 10.5. The van der Waals surface area contributed by atoms with E-state index in [1.54, 1.807) is 6.92 Å². The minimum absolute atomic E-state index is 0.0201. The number of nitrogens with one attached hydrogen (secondary N) is 1. The molecule has 1 unspecified atom stereocenters. The highest BCUT2D eigenvalue weighted by Gasteiger charge is 2.39. The molecule has 0 aromatic heterocycles. The number of carbonyl (C=O) groups excluding carboxylic acids is 2. The Morgan fingerprint density at radius 1 is 1.20 bits per heavy atom. The highest BCUT2D eigenvalue weighted by Crippen LogP contribution is 2.52. The number of benzene rings is 1. The summed E-state index contributed by atoms with van der Waals surface area (Å²) in [6.07, 6.45) is 7.36. The third-order valence-electron chi connectivity index (χ3n) is 8.36. The van der Waals surface area contributed by atoms with Crippen molar-refractivity contribution in [2.24, 2.45) is 17.8 Å². The van der Waals surface area contributed by atoms with E-state index < -0.39 is 25.2 Å². The summed E-state index contributed by atoms with van der Waals surface area (Å²) in [6, 6.07) is 7.53. The zero-order valence-corrected chi connectivity index (χ0v) is 26.4. The van der Waals surface area contributed by atoms with Crippen molar-refractivity contribution in [1.29, 1.82) is 0 Å². The van der Waals surface area contributed by atoms with Crippen LogP contribution in [0, 0.1) is 17.8 Å². The number of alkyl carbamates (subject to hydrolysis) is 1. The number of hydrogen-bond donors (Lipinski definition) is 2. The molecule has 1 aliphatic heterocycles. The van der Waals surface area contributed by atoms with Gasteiger partial charge in [0, 0.05) is 49.6 Å². The monoisotopic (exact) mass is 614 g/mol. The summed E-state index contributed by atoms with van der Waals surface area (Å²) < 4.78 is 29.6. The number of methoxy groups -OCH3 is 1. The van der Waals surface area contributed by atoms with Crippen LogP contribution in [0.5, 0.6) is 0 Å². The van der Waals surface area contributed by atoms with Crippen molar-refractivity contribution in [3.8, 4) is 0 Å². The molecule has 11 heteroatoms. The van der Waals surface area contributed by atoms with E-state index in [1.807, 2.05) is 29.2 Å². The van der Waals surface area contributed by atoms with E-state index in [0.29, 0.717) is 30.5 Å². The number of amides is 2. The van der Waals surface area contributed by atoms with Gasteiger partial charge >= 0.3 is 6.09 Å². The SMILES string of the molecule is CCOP(C)(=O)[C@H](O)[C@@H](CC(=O)N1CCC[C@@H]([C@@H](OCCNC(=O)OC)c2cccc(Cl)c2)C1)CC1CCCCC1. The van der Waals surface area contributed by atoms with Crippen LogP contribution in [-0.4, -0.2) is 74.5 Å². The number of nitrogens with zero attached hydrogens (tertiary/aromatic N) is 1. The molecule has 2 aliphatic rings. The fourth-order valence-electron chi connectivity index (χ4n) is 6.31. The lowest BCUT2D eigenvalue weighted by atomic mass is 9.81. The van der Waals surface area contributed by atoms with Crippen molar-refractivity contribution in [3.05, 3.63) is 34.9 Å². The van der Waals surface area contributed by atoms with Gasteiger partial charge in [0.25, 0.3) is 0 Å². The first-order valence-electron chi connectivity index (χ1n) is 15.0. The first-order valence-corrected chi connectivity index (χ1v) is 17.5. The maximum atomic E-state index is 13.7. The Balaban J connectivity index is 1.72. The summed E-state index contributed by atoms with van der Waals surface area (Å²) in [5.41, 5.74) is 0.920. The predicted molar refractivity (Wildman–Crippen MR) is 160 cm³/mol. The number of aliphatic hydroxyl groups excluding tert-OH is 1. The van der Waals surface area contributed by atoms with E-state index in [9.17, 15) is 19.3 Å². The molecule has 3 rings (SSSR count). The summed E-state index contributed by atoms with van der Waals surface area (Å²) in [7, 11) is -1.98. The largest absolute Gasteiger partial charge is 0.453 e. The molecule has 0 radical (unpaired) electrons. The van der Waals surface area contributed by atoms with Gasteiger partial charge in [0.1, 0.15) is 5.85 Å². The van der Waals surface area contributed by atoms with Gasteiger partial charge < -0.3 is 29.3 Å². The molecule has 2 fully saturated rings. The summed E-state index contributed by atoms with van der Waals surface area (Å²) in [4.78, 5) is 27.0. The molecule has 5 atom stereocenters. The lowest BCUT2D eigenvalue weighted by molar-refractivity contribution is -0.136. The lowest BCUT2D eigenvalue weighted by Crippen LogP contribution is -2.43. The number of halogens is 1. The number of rotatable bonds is 14. The Kier molecular flexibility index (Phi) is 13.9. The molecular weight excluding hydrogens is 567 g/mol. The van der Waals surface area contributed by atoms with Gasteiger partial charge in [0.05, 0.1) is 26.4 Å². The number of piperidine rings is 1. The van der Waals surface area contributed by atoms with Crippen molar-refractivity contribution >= 4 is 31.0 Å². The van der Waals surface area contributed by atoms with Gasteiger partial charge in [-0.2, -0.15) is 0 Å². The van der Waals surface area contributed by atoms with Gasteiger partial charge in [0.2, 0.25) is 13.3 Å². The fourth-order valence-corrected chi connectivity index (χ4v) is 8.17. The number of carbonyl (C=O) groups is 2. The zero-order chi connectivity index (χ0) is 29.8. The normalized spacial score (nSPS) is 21.9. The second-order valence-corrected chi connectivity index (χ2v) is 14.5. The molecule has 2 amide bonds. The van der Waals surface area contributed by atoms with Gasteiger partial charge in [-0.15, -0.1) is 0 Å². The maximum Gasteiger partial charge on any atom is 0.406 e. The van der Waals surface area contributed by atoms with Crippen molar-refractivity contribution in [2.75, 3.05) is 46.6 Å². The van der Waals surface area contributed by atoms with Crippen LogP contribution in [0.25, 0.3) is 0 Å². The topological polar surface area (TPSA) is 114 Å². The van der Waals surface area contributed by atoms with Crippen LogP contribution in [0.2, 0.25) is 5.02 Å². The second-order valence-electron chi connectivity index (χ2n) is 11.5. The van der Waals surface area contributed by atoms with Crippen LogP contribution < -0.4 is 5.32 Å². The van der Waals surface area contributed by atoms with Gasteiger partial charge in [-0.3, -0.25) is 9.36 Å². The maximum absolute atomic E-state index is 13.7. The first kappa shape index (κ1) is 33.9. The van der Waals surface area contributed by atoms with Gasteiger partial charge in [0.15, 0.2) is 0 Å². The molecule has 9 nitrogen and oxygen atoms in total. The van der Waals surface area contributed by atoms with E-state index in [4.69, 9.17) is 20.9 Å². The summed E-state index contributed by atoms with van der Waals surface area (Å²) in [5, 5.41) is 14.4. The minimum Gasteiger partial charge on any atom is -0.453 e. The average molecular weight is 615 g/mol. The van der Waals surface area contributed by atoms with Crippen molar-refractivity contribution in [1.82, 2.24) is 10.2 Å². The van der Waals surface area contributed by atoms with Crippen LogP contribution in [-0.2, 0) is 23.4 Å². The number of likely N-dealkylation sites (tertiary alicyclic amines) is 1. The smallest absolute Gasteiger partial charge is 0.406 e. The van der Waals surface area contributed by atoms with E-state index in [1.165, 1.54) is 20.2 Å². The Morgan fingerprint density at radius 2 is 1.95 bits per heavy atom. The second kappa shape index (κ2) is 16.9. The fraction of sp³-hybridized carbons (Fsp3) is 0.733. The summed E-state index contributed by atoms with van der Waals surface area (Å²) >= 11 is 6.30. The van der Waals surface area contributed by atoms with Crippen LogP contribution in [0.3, 0.4) is 0 Å². The van der Waals surface area contributed by atoms with Crippen molar-refractivity contribution < 1.29 is 33.3 Å². The molecule has 0 spiro atoms. The van der Waals surface area contributed by atoms with Gasteiger partial charge in [-0.25, -0.2) is 4.79 Å². The molecule has 1 aromatic carbocycles. The van der Waals surface area contributed by atoms with Crippen LogP contribution in [0.1, 0.15) is 76.4 Å². The van der Waals surface area contributed by atoms with E-state index in [2.05, 4.69) is 10.1 Å². The van der Waals surface area contributed by atoms with Crippen LogP contribution >= 0.6 is 19.0 Å². The highest BCUT2D eigenvalue weighted by molar-refractivity contribution is 7.58. The molecule has 1 aromatic rings. The quantitative estimate of drug-likeness (QED) is 0.188. The van der Waals surface area contributed by atoms with Crippen molar-refractivity contribution in [2.45, 2.75) is 76.7 Å². The standard InChI is InChI=1S/C30H48ClN2O7P/c1-4-40-41(3,37)29(35)25(18-22-10-6-5-7-11-22)20-27(34)33-16-9-13-24(21-33)28(23-12-8-14-26(31)19-23)39-17-15-32-30(36)38-2/h8,12,14,19,22,24-25,28-29,35H,4-7,9-11,13,15-18,20-21H2,1-3H3,(H,32,36)/t24-,25-,28+,29+,41?/m1/s1. The predicted octanol–water partition coefficient (Wildman–Crippen LogP) is 6.23. The molecule has 1 saturated heterocycles. The van der Waals surface area contributed by atoms with E-state index >= 15 is 0 Å². The molecular formula is C30H48ClN2O7P. The van der Waals surface area contributed by atoms with Crippen LogP contribution in [0.4, 0.5) is 4.79 Å². The first-order chi connectivity index (χ1) is 19.6. The van der Waals surface area contributed by atoms with Crippen molar-refractivity contribution in [3.63, 3.8) is 0 Å². The Morgan fingerprint density at radius 3 is 2.63 bits per heavy atom. The van der Waals surface area contributed by atoms with E-state index in [0.717, 1.165) is 44.1 Å². The molecule has 0 bridgehead atoms. The Bertz CT molecular complexity index is 1020. The molecule has 232 valence electrons. The molecule has 2 N–H and O–H groups in total. The molecule has 1 heterocycles. The van der Waals surface area contributed by atoms with Crippen LogP contribution in [0.15, 0.2) is 24.3 Å². The number of ether oxygens (including phenoxy) is 2. The lowest BCUT2D eigenvalue weighted by Gasteiger charge is -2.38. The molecule has 1 aliphatic carbocycles. The number of aliphatic hydroxyl groups is 1. The Hall–Kier alpha value is -1.64. The average Bonchev–Trinajstić information content (AvgIpc) is 2.96. The third-order valence-corrected chi connectivity index (χ3v) is 10.7. The molecule has 41 heavy (non-hydrogen) atoms. The van der Waals surface area contributed by atoms with Gasteiger partial charge in [-0.1, -0.05) is 55.8 Å². The minimum atomic E-state index is -3.29. The Labute approximate surface area is 250 Å². The summed E-state index contributed by atoms with van der Waals surface area (Å²) in [6.45, 7) is 5.19. The van der Waals surface area contributed by atoms with E-state index in [-0.39, 0.29) is 44.1 Å².